The van der Waals surface area contributed by atoms with Crippen molar-refractivity contribution >= 4 is 23.0 Å². The zero-order chi connectivity index (χ0) is 39.1. The number of aromatic nitrogens is 2. The van der Waals surface area contributed by atoms with Gasteiger partial charge in [0.1, 0.15) is 18.7 Å². The van der Waals surface area contributed by atoms with Crippen LogP contribution in [0, 0.1) is 41.5 Å². The second kappa shape index (κ2) is 17.8. The number of anilines is 2. The van der Waals surface area contributed by atoms with Gasteiger partial charge in [0.15, 0.2) is 29.3 Å². The Labute approximate surface area is 325 Å². The predicted molar refractivity (Wildman–Crippen MR) is 228 cm³/mol. The highest BCUT2D eigenvalue weighted by atomic mass is 15.4. The first-order valence-electron chi connectivity index (χ1n) is 20.0. The summed E-state index contributed by atoms with van der Waals surface area (Å²) in [6.45, 7) is 26.1. The first-order chi connectivity index (χ1) is 26.1. The highest BCUT2D eigenvalue weighted by molar-refractivity contribution is 6.07. The van der Waals surface area contributed by atoms with Gasteiger partial charge in [-0.1, -0.05) is 88.4 Å². The smallest absolute Gasteiger partial charge is 0.181 e. The van der Waals surface area contributed by atoms with Crippen LogP contribution >= 0.6 is 0 Å². The molecule has 2 aliphatic heterocycles. The fraction of sp³-hybridized carbons (Fsp3) is 0.375. The Morgan fingerprint density at radius 2 is 1.07 bits per heavy atom. The average molecular weight is 723 g/mol. The minimum absolute atomic E-state index is 0.758. The van der Waals surface area contributed by atoms with Crippen LogP contribution in [0.15, 0.2) is 95.1 Å². The lowest BCUT2D eigenvalue weighted by Crippen LogP contribution is -2.42. The van der Waals surface area contributed by atoms with Gasteiger partial charge in [-0.2, -0.15) is 4.57 Å². The monoisotopic (exact) mass is 723 g/mol. The summed E-state index contributed by atoms with van der Waals surface area (Å²) in [5.41, 5.74) is 18.5. The second-order valence-corrected chi connectivity index (χ2v) is 14.2. The Bertz CT molecular complexity index is 2160. The number of hydrogen-bond donors (Lipinski definition) is 0. The lowest BCUT2D eigenvalue weighted by atomic mass is 9.95. The maximum absolute atomic E-state index is 4.91. The van der Waals surface area contributed by atoms with Gasteiger partial charge in [0.2, 0.25) is 0 Å². The molecule has 0 fully saturated rings. The molecular weight excluding hydrogens is 661 g/mol. The van der Waals surface area contributed by atoms with Crippen LogP contribution in [-0.4, -0.2) is 18.2 Å². The van der Waals surface area contributed by atoms with Gasteiger partial charge >= 0.3 is 0 Å². The van der Waals surface area contributed by atoms with Crippen LogP contribution in [0.1, 0.15) is 102 Å². The van der Waals surface area contributed by atoms with Gasteiger partial charge in [0, 0.05) is 93.8 Å². The molecule has 0 aliphatic carbocycles. The van der Waals surface area contributed by atoms with E-state index in [1.807, 2.05) is 27.7 Å². The average Bonchev–Trinajstić information content (AvgIpc) is 3.75. The van der Waals surface area contributed by atoms with Crippen molar-refractivity contribution in [3.8, 4) is 0 Å². The Balaban J connectivity index is 0.00000136. The van der Waals surface area contributed by atoms with E-state index in [1.54, 1.807) is 0 Å². The number of nitrogens with zero attached hydrogens (tertiary/aromatic N) is 6. The van der Waals surface area contributed by atoms with E-state index in [0.717, 1.165) is 50.6 Å². The summed E-state index contributed by atoms with van der Waals surface area (Å²) in [6.07, 6.45) is 2.56. The van der Waals surface area contributed by atoms with Crippen molar-refractivity contribution in [3.05, 3.63) is 152 Å². The number of amidine groups is 2. The van der Waals surface area contributed by atoms with Gasteiger partial charge in [-0.05, 0) is 67.1 Å². The lowest BCUT2D eigenvalue weighted by molar-refractivity contribution is -0.700. The number of rotatable bonds is 8. The third-order valence-corrected chi connectivity index (χ3v) is 11.2. The molecule has 0 saturated heterocycles. The molecule has 0 amide bonds. The number of pyridine rings is 2. The van der Waals surface area contributed by atoms with Crippen molar-refractivity contribution in [3.63, 3.8) is 0 Å². The maximum Gasteiger partial charge on any atom is 0.181 e. The van der Waals surface area contributed by atoms with Crippen LogP contribution in [0.4, 0.5) is 11.4 Å². The highest BCUT2D eigenvalue weighted by Crippen LogP contribution is 2.32. The number of para-hydroxylation sites is 2. The summed E-state index contributed by atoms with van der Waals surface area (Å²) in [5.74, 6) is 2.01. The largest absolute Gasteiger partial charge is 0.328 e. The Morgan fingerprint density at radius 3 is 1.65 bits per heavy atom. The van der Waals surface area contributed by atoms with E-state index < -0.39 is 0 Å². The van der Waals surface area contributed by atoms with E-state index in [0.29, 0.717) is 0 Å². The number of likely N-dealkylation sites (N-methyl/N-ethyl adjacent to an activating group) is 1. The molecule has 0 spiro atoms. The molecule has 0 radical (unpaired) electrons. The molecule has 3 aromatic carbocycles. The summed E-state index contributed by atoms with van der Waals surface area (Å²) in [4.78, 5) is 4.63. The zero-order valence-corrected chi connectivity index (χ0v) is 35.0. The third kappa shape index (κ3) is 8.18. The van der Waals surface area contributed by atoms with Crippen molar-refractivity contribution in [2.24, 2.45) is 17.3 Å². The molecule has 0 bridgehead atoms. The lowest BCUT2D eigenvalue weighted by Gasteiger charge is -2.21. The minimum Gasteiger partial charge on any atom is -0.328 e. The molecule has 0 atom stereocenters. The van der Waals surface area contributed by atoms with E-state index in [-0.39, 0.29) is 0 Å². The molecule has 4 heterocycles. The molecule has 2 aliphatic rings. The quantitative estimate of drug-likeness (QED) is 0.118. The first kappa shape index (κ1) is 40.1. The highest BCUT2D eigenvalue weighted by Gasteiger charge is 2.28. The van der Waals surface area contributed by atoms with Gasteiger partial charge in [0.05, 0.1) is 0 Å². The molecule has 0 saturated carbocycles. The van der Waals surface area contributed by atoms with E-state index in [2.05, 4.69) is 159 Å². The van der Waals surface area contributed by atoms with Crippen LogP contribution in [-0.2, 0) is 39.4 Å². The summed E-state index contributed by atoms with van der Waals surface area (Å²) in [7, 11) is 2.16. The van der Waals surface area contributed by atoms with Crippen molar-refractivity contribution in [2.75, 3.05) is 16.3 Å². The van der Waals surface area contributed by atoms with Crippen LogP contribution in [0.25, 0.3) is 0 Å². The normalized spacial score (nSPS) is 14.4. The summed E-state index contributed by atoms with van der Waals surface area (Å²) in [6, 6.07) is 31.1. The fourth-order valence-electron chi connectivity index (χ4n) is 7.75. The first-order valence-corrected chi connectivity index (χ1v) is 20.0. The van der Waals surface area contributed by atoms with Gasteiger partial charge in [-0.3, -0.25) is 0 Å². The van der Waals surface area contributed by atoms with Crippen LogP contribution < -0.4 is 18.9 Å². The molecule has 7 rings (SSSR count). The molecule has 6 nitrogen and oxygen atoms in total. The minimum atomic E-state index is 0.758. The van der Waals surface area contributed by atoms with Gasteiger partial charge in [-0.15, -0.1) is 10.2 Å². The molecular formula is C48H62N6+2. The maximum atomic E-state index is 4.91. The molecule has 54 heavy (non-hydrogen) atoms. The van der Waals surface area contributed by atoms with E-state index in [9.17, 15) is 0 Å². The Morgan fingerprint density at radius 1 is 0.593 bits per heavy atom. The SMILES string of the molecule is CC.CC.CCN1/C(=N/N=C2\Cc3ccccc3N2Cc2ccc(C[n+]3c(C)cc(Cc4cc(C)[n+](C)c(C)c4C)c(C)c3C)cc2)Cc2ccccc21. The van der Waals surface area contributed by atoms with Crippen LogP contribution in [0.5, 0.6) is 0 Å². The molecule has 6 heteroatoms. The third-order valence-electron chi connectivity index (χ3n) is 11.2. The summed E-state index contributed by atoms with van der Waals surface area (Å²) >= 11 is 0. The number of benzene rings is 3. The molecule has 282 valence electrons. The van der Waals surface area contributed by atoms with Gasteiger partial charge < -0.3 is 9.80 Å². The number of hydrogen-bond acceptors (Lipinski definition) is 2. The van der Waals surface area contributed by atoms with Crippen LogP contribution in [0.2, 0.25) is 0 Å². The molecule has 0 unspecified atom stereocenters. The zero-order valence-electron chi connectivity index (χ0n) is 35.0. The van der Waals surface area contributed by atoms with E-state index in [4.69, 9.17) is 10.2 Å². The van der Waals surface area contributed by atoms with Crippen molar-refractivity contribution < 1.29 is 9.13 Å². The van der Waals surface area contributed by atoms with Crippen molar-refractivity contribution in [1.82, 2.24) is 0 Å². The van der Waals surface area contributed by atoms with Gasteiger partial charge in [0.25, 0.3) is 0 Å². The topological polar surface area (TPSA) is 39.0 Å². The van der Waals surface area contributed by atoms with E-state index in [1.165, 1.54) is 78.7 Å². The number of aryl methyl sites for hydroxylation is 2. The fourth-order valence-corrected chi connectivity index (χ4v) is 7.75. The van der Waals surface area contributed by atoms with Crippen molar-refractivity contribution in [1.29, 1.82) is 0 Å². The molecule has 0 N–H and O–H groups in total. The van der Waals surface area contributed by atoms with E-state index >= 15 is 0 Å². The van der Waals surface area contributed by atoms with Crippen LogP contribution in [0.3, 0.4) is 0 Å². The summed E-state index contributed by atoms with van der Waals surface area (Å²) < 4.78 is 4.75. The predicted octanol–water partition coefficient (Wildman–Crippen LogP) is 9.70. The second-order valence-electron chi connectivity index (χ2n) is 14.2. The molecule has 2 aromatic heterocycles. The standard InChI is InChI=1S/C44H50N6.2C2H6/c1-9-48-41-16-12-10-14-37(41)25-43(48)45-46-44-26-38-15-11-13-17-42(38)50(44)28-36-20-18-35(19-21-36)27-49-30(3)23-40(32(5)34(49)7)24-39-22-29(2)47(8)33(6)31(39)4;2*1-2/h10-23H,9,24-28H2,1-8H3;2*1-2H3/q+2;;/b45-43+,46-44+;;. The number of fused-ring (bicyclic) bond motifs is 2. The van der Waals surface area contributed by atoms with Crippen molar-refractivity contribution in [2.45, 2.75) is 109 Å². The summed E-state index contributed by atoms with van der Waals surface area (Å²) in [5, 5.41) is 9.78. The van der Waals surface area contributed by atoms with Gasteiger partial charge in [-0.25, -0.2) is 4.57 Å². The molecule has 5 aromatic rings. The Hall–Kier alpha value is -5.10. The Kier molecular flexibility index (Phi) is 13.2.